The smallest absolute Gasteiger partial charge is 0.264 e. The van der Waals surface area contributed by atoms with Gasteiger partial charge in [-0.2, -0.15) is 4.31 Å². The summed E-state index contributed by atoms with van der Waals surface area (Å²) in [6.07, 6.45) is 1.48. The van der Waals surface area contributed by atoms with E-state index >= 15 is 0 Å². The Kier molecular flexibility index (Phi) is 5.68. The Labute approximate surface area is 178 Å². The van der Waals surface area contributed by atoms with Crippen molar-refractivity contribution in [2.45, 2.75) is 24.7 Å². The summed E-state index contributed by atoms with van der Waals surface area (Å²) in [6, 6.07) is 12.4. The number of nitrogens with zero attached hydrogens (tertiary/aromatic N) is 3. The third-order valence-corrected chi connectivity index (χ3v) is 7.73. The van der Waals surface area contributed by atoms with Gasteiger partial charge in [0.25, 0.3) is 5.91 Å². The first-order chi connectivity index (χ1) is 14.4. The van der Waals surface area contributed by atoms with E-state index in [9.17, 15) is 17.6 Å². The van der Waals surface area contributed by atoms with Gasteiger partial charge in [-0.1, -0.05) is 18.2 Å². The van der Waals surface area contributed by atoms with E-state index in [1.165, 1.54) is 26.6 Å². The molecule has 1 aliphatic rings. The number of halogens is 1. The molecule has 0 bridgehead atoms. The highest BCUT2D eigenvalue weighted by molar-refractivity contribution is 7.89. The van der Waals surface area contributed by atoms with Gasteiger partial charge in [0, 0.05) is 24.0 Å². The van der Waals surface area contributed by atoms with Gasteiger partial charge in [0.05, 0.1) is 11.4 Å². The van der Waals surface area contributed by atoms with E-state index in [4.69, 9.17) is 0 Å². The molecule has 4 rings (SSSR count). The van der Waals surface area contributed by atoms with Gasteiger partial charge in [-0.25, -0.2) is 17.8 Å². The highest BCUT2D eigenvalue weighted by Crippen LogP contribution is 2.31. The largest absolute Gasteiger partial charge is 0.268 e. The van der Waals surface area contributed by atoms with E-state index in [-0.39, 0.29) is 5.56 Å². The fraction of sp³-hybridized carbons (Fsp3) is 0.238. The van der Waals surface area contributed by atoms with E-state index < -0.39 is 26.6 Å². The van der Waals surface area contributed by atoms with E-state index in [0.29, 0.717) is 23.9 Å². The number of hydrogen-bond donors (Lipinski definition) is 0. The number of hydrogen-bond acceptors (Lipinski definition) is 5. The van der Waals surface area contributed by atoms with Crippen molar-refractivity contribution >= 4 is 38.1 Å². The lowest BCUT2D eigenvalue weighted by molar-refractivity contribution is 0.0999. The van der Waals surface area contributed by atoms with Crippen LogP contribution in [0.3, 0.4) is 0 Å². The maximum absolute atomic E-state index is 14.5. The van der Waals surface area contributed by atoms with Crippen LogP contribution in [0.2, 0.25) is 0 Å². The highest BCUT2D eigenvalue weighted by Gasteiger charge is 2.31. The zero-order valence-corrected chi connectivity index (χ0v) is 17.9. The van der Waals surface area contributed by atoms with E-state index in [1.54, 1.807) is 24.3 Å². The van der Waals surface area contributed by atoms with Gasteiger partial charge in [0.2, 0.25) is 10.0 Å². The summed E-state index contributed by atoms with van der Waals surface area (Å²) in [5, 5.41) is 2.28. The van der Waals surface area contributed by atoms with Crippen molar-refractivity contribution in [1.82, 2.24) is 9.29 Å². The summed E-state index contributed by atoms with van der Waals surface area (Å²) >= 11 is 1.30. The number of thiazole rings is 1. The van der Waals surface area contributed by atoms with Crippen molar-refractivity contribution in [3.63, 3.8) is 0 Å². The molecule has 0 radical (unpaired) electrons. The van der Waals surface area contributed by atoms with E-state index in [1.807, 2.05) is 18.4 Å². The predicted molar refractivity (Wildman–Crippen MR) is 114 cm³/mol. The molecule has 1 aliphatic heterocycles. The van der Waals surface area contributed by atoms with Crippen LogP contribution in [0.4, 0.5) is 15.2 Å². The Morgan fingerprint density at radius 2 is 1.83 bits per heavy atom. The van der Waals surface area contributed by atoms with Crippen molar-refractivity contribution in [3.05, 3.63) is 71.0 Å². The molecule has 156 valence electrons. The van der Waals surface area contributed by atoms with Crippen LogP contribution in [0.5, 0.6) is 0 Å². The summed E-state index contributed by atoms with van der Waals surface area (Å²) in [6.45, 7) is 2.54. The second-order valence-electron chi connectivity index (χ2n) is 7.00. The molecule has 0 unspecified atom stereocenters. The zero-order valence-electron chi connectivity index (χ0n) is 16.3. The molecule has 0 spiro atoms. The summed E-state index contributed by atoms with van der Waals surface area (Å²) in [5.74, 6) is -1.34. The lowest BCUT2D eigenvalue weighted by atomic mass is 10.2. The summed E-state index contributed by atoms with van der Waals surface area (Å²) < 4.78 is 41.5. The summed E-state index contributed by atoms with van der Waals surface area (Å²) in [5.41, 5.74) is 1.43. The molecule has 0 aliphatic carbocycles. The van der Waals surface area contributed by atoms with Crippen molar-refractivity contribution in [3.8, 4) is 0 Å². The Bertz CT molecular complexity index is 1170. The van der Waals surface area contributed by atoms with Crippen LogP contribution in [-0.4, -0.2) is 36.7 Å². The van der Waals surface area contributed by atoms with Gasteiger partial charge in [0.15, 0.2) is 5.13 Å². The average molecular weight is 446 g/mol. The Morgan fingerprint density at radius 1 is 1.13 bits per heavy atom. The molecule has 2 heterocycles. The molecule has 1 saturated heterocycles. The van der Waals surface area contributed by atoms with Gasteiger partial charge in [-0.15, -0.1) is 11.3 Å². The molecule has 30 heavy (non-hydrogen) atoms. The predicted octanol–water partition coefficient (Wildman–Crippen LogP) is 4.35. The molecular formula is C21H20FN3O3S2. The molecule has 0 N–H and O–H groups in total. The first-order valence-corrected chi connectivity index (χ1v) is 11.8. The topological polar surface area (TPSA) is 70.6 Å². The van der Waals surface area contributed by atoms with Gasteiger partial charge in [-0.3, -0.25) is 9.69 Å². The number of amides is 1. The Hall–Kier alpha value is -2.62. The van der Waals surface area contributed by atoms with Crippen LogP contribution in [0.15, 0.2) is 58.8 Å². The standard InChI is InChI=1S/C21H20FN3O3S2/c1-15-14-29-21(23-15)25(17-7-3-2-4-8-17)20(26)16-9-10-18(22)19(13-16)30(27,28)24-11-5-6-12-24/h2-4,7-10,13-14H,5-6,11-12H2,1H3. The molecule has 2 aromatic carbocycles. The average Bonchev–Trinajstić information content (AvgIpc) is 3.42. The maximum Gasteiger partial charge on any atom is 0.264 e. The number of rotatable bonds is 5. The van der Waals surface area contributed by atoms with Crippen LogP contribution >= 0.6 is 11.3 Å². The highest BCUT2D eigenvalue weighted by atomic mass is 32.2. The lowest BCUT2D eigenvalue weighted by Gasteiger charge is -2.21. The first kappa shape index (κ1) is 20.6. The number of benzene rings is 2. The van der Waals surface area contributed by atoms with Gasteiger partial charge in [-0.05, 0) is 50.1 Å². The first-order valence-electron chi connectivity index (χ1n) is 9.49. The third-order valence-electron chi connectivity index (χ3n) is 4.88. The van der Waals surface area contributed by atoms with Crippen LogP contribution in [0, 0.1) is 12.7 Å². The number of aromatic nitrogens is 1. The number of anilines is 2. The molecule has 1 fully saturated rings. The van der Waals surface area contributed by atoms with Crippen molar-refractivity contribution in [2.75, 3.05) is 18.0 Å². The zero-order chi connectivity index (χ0) is 21.3. The molecule has 0 atom stereocenters. The molecule has 9 heteroatoms. The molecular weight excluding hydrogens is 425 g/mol. The summed E-state index contributed by atoms with van der Waals surface area (Å²) in [4.78, 5) is 18.8. The minimum atomic E-state index is -4.00. The number of carbonyl (C=O) groups is 1. The Morgan fingerprint density at radius 3 is 2.47 bits per heavy atom. The maximum atomic E-state index is 14.5. The molecule has 1 aromatic heterocycles. The number of aryl methyl sites for hydroxylation is 1. The molecule has 6 nitrogen and oxygen atoms in total. The van der Waals surface area contributed by atoms with Gasteiger partial charge < -0.3 is 0 Å². The van der Waals surface area contributed by atoms with Crippen LogP contribution in [0.25, 0.3) is 0 Å². The van der Waals surface area contributed by atoms with Crippen LogP contribution in [-0.2, 0) is 10.0 Å². The minimum Gasteiger partial charge on any atom is -0.268 e. The number of para-hydroxylation sites is 1. The molecule has 3 aromatic rings. The van der Waals surface area contributed by atoms with Crippen molar-refractivity contribution < 1.29 is 17.6 Å². The van der Waals surface area contributed by atoms with E-state index in [2.05, 4.69) is 4.98 Å². The second kappa shape index (κ2) is 8.25. The Balaban J connectivity index is 1.77. The van der Waals surface area contributed by atoms with Crippen molar-refractivity contribution in [2.24, 2.45) is 0 Å². The second-order valence-corrected chi connectivity index (χ2v) is 9.75. The van der Waals surface area contributed by atoms with Crippen LogP contribution < -0.4 is 4.90 Å². The molecule has 1 amide bonds. The third kappa shape index (κ3) is 3.88. The van der Waals surface area contributed by atoms with Gasteiger partial charge in [0.1, 0.15) is 10.7 Å². The number of sulfonamides is 1. The normalized spacial score (nSPS) is 14.7. The summed E-state index contributed by atoms with van der Waals surface area (Å²) in [7, 11) is -4.00. The monoisotopic (exact) mass is 445 g/mol. The van der Waals surface area contributed by atoms with Gasteiger partial charge >= 0.3 is 0 Å². The SMILES string of the molecule is Cc1csc(N(C(=O)c2ccc(F)c(S(=O)(=O)N3CCCC3)c2)c2ccccc2)n1. The van der Waals surface area contributed by atoms with Crippen LogP contribution in [0.1, 0.15) is 28.9 Å². The van der Waals surface area contributed by atoms with E-state index in [0.717, 1.165) is 30.7 Å². The fourth-order valence-corrected chi connectivity index (χ4v) is 5.79. The van der Waals surface area contributed by atoms with Crippen molar-refractivity contribution in [1.29, 1.82) is 0 Å². The lowest BCUT2D eigenvalue weighted by Crippen LogP contribution is -2.30. The quantitative estimate of drug-likeness (QED) is 0.585. The number of carbonyl (C=O) groups excluding carboxylic acids is 1. The minimum absolute atomic E-state index is 0.0749. The molecule has 0 saturated carbocycles. The fourth-order valence-electron chi connectivity index (χ4n) is 3.37.